The molecule has 5 N–H and O–H groups in total. The number of anilines is 2. The van der Waals surface area contributed by atoms with Gasteiger partial charge in [-0.25, -0.2) is 11.4 Å². The molecule has 232 valence electrons. The van der Waals surface area contributed by atoms with Gasteiger partial charge >= 0.3 is 18.0 Å². The number of carbonyl (C=O) groups is 3. The van der Waals surface area contributed by atoms with E-state index in [4.69, 9.17) is 18.0 Å². The zero-order chi connectivity index (χ0) is 32.1. The second-order valence-electron chi connectivity index (χ2n) is 10.8. The lowest BCUT2D eigenvalue weighted by atomic mass is 9.82. The highest BCUT2D eigenvalue weighted by atomic mass is 16.5. The monoisotopic (exact) mass is 599 g/mol. The highest BCUT2D eigenvalue weighted by Gasteiger charge is 2.43. The van der Waals surface area contributed by atoms with Crippen LogP contribution in [0.1, 0.15) is 36.5 Å². The van der Waals surface area contributed by atoms with Crippen molar-refractivity contribution in [2.24, 2.45) is 11.7 Å². The van der Waals surface area contributed by atoms with Crippen LogP contribution in [0.4, 0.5) is 16.2 Å². The molecule has 2 atom stereocenters. The number of nitrogens with one attached hydrogen (secondary N) is 1. The maximum absolute atomic E-state index is 12.7. The van der Waals surface area contributed by atoms with Gasteiger partial charge in [0, 0.05) is 42.9 Å². The standard InChI is InChI=1S/C23H26N4O3.C11H15NO2/c1-25-23(18-6-4-3-5-7-18)12-14-27(15-13-23)22(29)26-19-10-8-17(9-11-19)16-20(24)21(28)30-2;1-8(11(13)14-2)7-9-3-5-10(12)6-4-9/h3-11,20H,12-16,24H2,2H3,(H,26,29);3-6,8H,7,12H2,1-2H3. The number of hydrogen-bond acceptors (Lipinski definition) is 7. The minimum atomic E-state index is -0.712. The molecule has 0 saturated carbocycles. The Morgan fingerprint density at radius 2 is 1.43 bits per heavy atom. The molecule has 4 rings (SSSR count). The van der Waals surface area contributed by atoms with Gasteiger partial charge in [-0.3, -0.25) is 9.59 Å². The first-order chi connectivity index (χ1) is 21.1. The van der Waals surface area contributed by atoms with Crippen LogP contribution in [0.2, 0.25) is 0 Å². The Morgan fingerprint density at radius 1 is 0.886 bits per heavy atom. The smallest absolute Gasteiger partial charge is 0.322 e. The van der Waals surface area contributed by atoms with E-state index in [0.717, 1.165) is 22.4 Å². The van der Waals surface area contributed by atoms with Crippen LogP contribution in [0.15, 0.2) is 78.9 Å². The summed E-state index contributed by atoms with van der Waals surface area (Å²) in [5.74, 6) is -0.742. The van der Waals surface area contributed by atoms with E-state index in [-0.39, 0.29) is 17.9 Å². The predicted molar refractivity (Wildman–Crippen MR) is 170 cm³/mol. The number of nitrogens with zero attached hydrogens (tertiary/aromatic N) is 2. The molecule has 10 heteroatoms. The first-order valence-corrected chi connectivity index (χ1v) is 14.5. The van der Waals surface area contributed by atoms with E-state index in [1.165, 1.54) is 14.2 Å². The summed E-state index contributed by atoms with van der Waals surface area (Å²) in [6.07, 6.45) is 2.27. The van der Waals surface area contributed by atoms with Crippen molar-refractivity contribution in [3.8, 4) is 0 Å². The van der Waals surface area contributed by atoms with Crippen molar-refractivity contribution in [3.05, 3.63) is 107 Å². The molecule has 1 aliphatic rings. The lowest BCUT2D eigenvalue weighted by Gasteiger charge is -2.34. The third-order valence-corrected chi connectivity index (χ3v) is 7.69. The summed E-state index contributed by atoms with van der Waals surface area (Å²) >= 11 is 0. The van der Waals surface area contributed by atoms with Crippen molar-refractivity contribution >= 4 is 29.3 Å². The van der Waals surface area contributed by atoms with Crippen LogP contribution in [0.25, 0.3) is 4.85 Å². The summed E-state index contributed by atoms with van der Waals surface area (Å²) in [5.41, 5.74) is 15.2. The number of rotatable bonds is 8. The molecule has 0 spiro atoms. The summed E-state index contributed by atoms with van der Waals surface area (Å²) in [5, 5.41) is 2.90. The minimum absolute atomic E-state index is 0.108. The van der Waals surface area contributed by atoms with Crippen LogP contribution < -0.4 is 16.8 Å². The van der Waals surface area contributed by atoms with E-state index in [0.29, 0.717) is 44.5 Å². The highest BCUT2D eigenvalue weighted by Crippen LogP contribution is 2.37. The Hall–Kier alpha value is -4.88. The summed E-state index contributed by atoms with van der Waals surface area (Å²) < 4.78 is 9.28. The van der Waals surface area contributed by atoms with Crippen molar-refractivity contribution in [2.45, 2.75) is 44.2 Å². The molecule has 0 bridgehead atoms. The first kappa shape index (κ1) is 33.6. The van der Waals surface area contributed by atoms with Gasteiger partial charge in [0.25, 0.3) is 5.54 Å². The molecule has 3 aromatic rings. The van der Waals surface area contributed by atoms with Gasteiger partial charge in [-0.05, 0) is 48.2 Å². The topological polar surface area (TPSA) is 141 Å². The van der Waals surface area contributed by atoms with Crippen molar-refractivity contribution < 1.29 is 23.9 Å². The van der Waals surface area contributed by atoms with Gasteiger partial charge in [0.2, 0.25) is 0 Å². The molecule has 0 radical (unpaired) electrons. The lowest BCUT2D eigenvalue weighted by Crippen LogP contribution is -2.45. The number of methoxy groups -OCH3 is 2. The molecule has 0 aliphatic carbocycles. The lowest BCUT2D eigenvalue weighted by molar-refractivity contribution is -0.145. The quantitative estimate of drug-likeness (QED) is 0.192. The molecule has 2 amide bonds. The van der Waals surface area contributed by atoms with Crippen molar-refractivity contribution in [1.82, 2.24) is 4.90 Å². The Morgan fingerprint density at radius 3 is 1.98 bits per heavy atom. The second kappa shape index (κ2) is 16.1. The average Bonchev–Trinajstić information content (AvgIpc) is 3.06. The number of esters is 2. The Kier molecular flexibility index (Phi) is 12.3. The van der Waals surface area contributed by atoms with Crippen LogP contribution >= 0.6 is 0 Å². The molecule has 44 heavy (non-hydrogen) atoms. The number of urea groups is 1. The Bertz CT molecular complexity index is 1410. The third-order valence-electron chi connectivity index (χ3n) is 7.69. The molecule has 1 heterocycles. The largest absolute Gasteiger partial charge is 0.469 e. The van der Waals surface area contributed by atoms with Crippen LogP contribution in [0, 0.1) is 12.5 Å². The van der Waals surface area contributed by atoms with Gasteiger partial charge < -0.3 is 36.0 Å². The first-order valence-electron chi connectivity index (χ1n) is 14.5. The predicted octanol–water partition coefficient (Wildman–Crippen LogP) is 4.79. The molecule has 3 aromatic carbocycles. The number of nitrogens with two attached hydrogens (primary N) is 2. The van der Waals surface area contributed by atoms with Crippen molar-refractivity contribution in [1.29, 1.82) is 0 Å². The maximum atomic E-state index is 12.7. The zero-order valence-electron chi connectivity index (χ0n) is 25.5. The van der Waals surface area contributed by atoms with Gasteiger partial charge in [0.1, 0.15) is 6.04 Å². The normalized spacial score (nSPS) is 14.9. The fourth-order valence-corrected chi connectivity index (χ4v) is 5.00. The van der Waals surface area contributed by atoms with E-state index in [2.05, 4.69) is 19.6 Å². The minimum Gasteiger partial charge on any atom is -0.469 e. The molecule has 2 unspecified atom stereocenters. The number of hydrogen-bond donors (Lipinski definition) is 3. The number of nitrogen functional groups attached to an aromatic ring is 1. The SMILES string of the molecule is COC(=O)C(C)Cc1ccc(N)cc1.[C-]#[N+]C1(c2ccccc2)CCN(C(=O)Nc2ccc(CC(N)C(=O)OC)cc2)CC1. The van der Waals surface area contributed by atoms with Crippen LogP contribution in [0.3, 0.4) is 0 Å². The van der Waals surface area contributed by atoms with Crippen LogP contribution in [0.5, 0.6) is 0 Å². The van der Waals surface area contributed by atoms with Gasteiger partial charge in [-0.1, -0.05) is 61.5 Å². The van der Waals surface area contributed by atoms with E-state index >= 15 is 0 Å². The van der Waals surface area contributed by atoms with Gasteiger partial charge in [0.15, 0.2) is 0 Å². The van der Waals surface area contributed by atoms with E-state index in [1.54, 1.807) is 17.0 Å². The molecule has 10 nitrogen and oxygen atoms in total. The van der Waals surface area contributed by atoms with E-state index < -0.39 is 17.6 Å². The summed E-state index contributed by atoms with van der Waals surface area (Å²) in [6, 6.07) is 23.7. The second-order valence-corrected chi connectivity index (χ2v) is 10.8. The Labute approximate surface area is 259 Å². The van der Waals surface area contributed by atoms with Crippen molar-refractivity contribution in [2.75, 3.05) is 38.4 Å². The Balaban J connectivity index is 0.000000317. The number of likely N-dealkylation sites (tertiary alicyclic amines) is 1. The van der Waals surface area contributed by atoms with Crippen LogP contribution in [-0.2, 0) is 37.4 Å². The van der Waals surface area contributed by atoms with E-state index in [9.17, 15) is 14.4 Å². The molecule has 1 fully saturated rings. The zero-order valence-corrected chi connectivity index (χ0v) is 25.5. The molecular formula is C34H41N5O5. The number of benzene rings is 3. The van der Waals surface area contributed by atoms with Gasteiger partial charge in [-0.2, -0.15) is 0 Å². The molecular weight excluding hydrogens is 558 g/mol. The summed E-state index contributed by atoms with van der Waals surface area (Å²) in [4.78, 5) is 40.9. The van der Waals surface area contributed by atoms with Crippen molar-refractivity contribution in [3.63, 3.8) is 0 Å². The maximum Gasteiger partial charge on any atom is 0.322 e. The fourth-order valence-electron chi connectivity index (χ4n) is 5.00. The van der Waals surface area contributed by atoms with E-state index in [1.807, 2.05) is 73.7 Å². The number of ether oxygens (including phenoxy) is 2. The van der Waals surface area contributed by atoms with Gasteiger partial charge in [0.05, 0.1) is 20.1 Å². The molecule has 1 saturated heterocycles. The summed E-state index contributed by atoms with van der Waals surface area (Å²) in [6.45, 7) is 10.6. The molecule has 1 aliphatic heterocycles. The average molecular weight is 600 g/mol. The summed E-state index contributed by atoms with van der Waals surface area (Å²) in [7, 11) is 2.71. The number of amides is 2. The number of carbonyl (C=O) groups excluding carboxylic acids is 3. The molecule has 0 aromatic heterocycles. The fraction of sp³-hybridized carbons (Fsp3) is 0.353. The van der Waals surface area contributed by atoms with Gasteiger partial charge in [-0.15, -0.1) is 0 Å². The third kappa shape index (κ3) is 9.31. The van der Waals surface area contributed by atoms with Crippen LogP contribution in [-0.4, -0.2) is 56.2 Å². The number of piperidine rings is 1. The highest BCUT2D eigenvalue weighted by molar-refractivity contribution is 5.89.